The highest BCUT2D eigenvalue weighted by Crippen LogP contribution is 2.14. The van der Waals surface area contributed by atoms with Gasteiger partial charge < -0.3 is 15.4 Å². The standard InChI is InChI=1S/C15H25ClN4O3S.HI/c1-3-23-11-5-8-18-15(17-2)19-9-10-20-24(21,22)14-7-4-6-13(16)12-14;/h4,6-7,12,20H,3,5,8-11H2,1-2H3,(H2,17,18,19);1H. The van der Waals surface area contributed by atoms with E-state index in [2.05, 4.69) is 20.3 Å². The van der Waals surface area contributed by atoms with E-state index in [0.717, 1.165) is 13.0 Å². The second-order valence-corrected chi connectivity index (χ2v) is 7.03. The van der Waals surface area contributed by atoms with Crippen LogP contribution in [0.1, 0.15) is 13.3 Å². The first-order valence-electron chi connectivity index (χ1n) is 7.77. The minimum Gasteiger partial charge on any atom is -0.382 e. The third-order valence-electron chi connectivity index (χ3n) is 3.00. The van der Waals surface area contributed by atoms with Crippen molar-refractivity contribution >= 4 is 51.6 Å². The Morgan fingerprint density at radius 3 is 2.60 bits per heavy atom. The second-order valence-electron chi connectivity index (χ2n) is 4.83. The maximum absolute atomic E-state index is 12.1. The van der Waals surface area contributed by atoms with Gasteiger partial charge in [-0.05, 0) is 31.5 Å². The summed E-state index contributed by atoms with van der Waals surface area (Å²) in [6.45, 7) is 4.73. The Morgan fingerprint density at radius 1 is 1.24 bits per heavy atom. The van der Waals surface area contributed by atoms with Crippen LogP contribution < -0.4 is 15.4 Å². The third-order valence-corrected chi connectivity index (χ3v) is 4.70. The summed E-state index contributed by atoms with van der Waals surface area (Å²) in [5.74, 6) is 0.619. The molecular formula is C15H26ClIN4O3S. The molecule has 0 spiro atoms. The van der Waals surface area contributed by atoms with Crippen LogP contribution in [0.4, 0.5) is 0 Å². The number of ether oxygens (including phenoxy) is 1. The molecule has 0 heterocycles. The number of nitrogens with zero attached hydrogens (tertiary/aromatic N) is 1. The number of nitrogens with one attached hydrogen (secondary N) is 3. The van der Waals surface area contributed by atoms with E-state index in [-0.39, 0.29) is 35.4 Å². The van der Waals surface area contributed by atoms with E-state index >= 15 is 0 Å². The van der Waals surface area contributed by atoms with Crippen LogP contribution in [0.25, 0.3) is 0 Å². The second kappa shape index (κ2) is 13.6. The van der Waals surface area contributed by atoms with Gasteiger partial charge >= 0.3 is 0 Å². The molecule has 1 aromatic carbocycles. The van der Waals surface area contributed by atoms with Gasteiger partial charge in [0.05, 0.1) is 4.90 Å². The first-order chi connectivity index (χ1) is 11.5. The Labute approximate surface area is 172 Å². The van der Waals surface area contributed by atoms with Crippen LogP contribution in [-0.2, 0) is 14.8 Å². The molecule has 1 rings (SSSR count). The highest BCUT2D eigenvalue weighted by Gasteiger charge is 2.13. The topological polar surface area (TPSA) is 91.8 Å². The summed E-state index contributed by atoms with van der Waals surface area (Å²) in [6.07, 6.45) is 0.871. The first kappa shape index (κ1) is 24.4. The van der Waals surface area contributed by atoms with Crippen LogP contribution in [0.3, 0.4) is 0 Å². The van der Waals surface area contributed by atoms with Crippen LogP contribution >= 0.6 is 35.6 Å². The Hall–Kier alpha value is -0.620. The van der Waals surface area contributed by atoms with Crippen molar-refractivity contribution in [3.05, 3.63) is 29.3 Å². The van der Waals surface area contributed by atoms with Crippen molar-refractivity contribution in [3.8, 4) is 0 Å². The summed E-state index contributed by atoms with van der Waals surface area (Å²) in [5, 5.41) is 6.55. The lowest BCUT2D eigenvalue weighted by Gasteiger charge is -2.12. The zero-order valence-corrected chi connectivity index (χ0v) is 18.3. The highest BCUT2D eigenvalue weighted by molar-refractivity contribution is 14.0. The monoisotopic (exact) mass is 504 g/mol. The average molecular weight is 505 g/mol. The van der Waals surface area contributed by atoms with E-state index in [1.165, 1.54) is 12.1 Å². The van der Waals surface area contributed by atoms with Crippen LogP contribution in [-0.4, -0.2) is 54.3 Å². The summed E-state index contributed by atoms with van der Waals surface area (Å²) in [4.78, 5) is 4.22. The highest BCUT2D eigenvalue weighted by atomic mass is 127. The lowest BCUT2D eigenvalue weighted by molar-refractivity contribution is 0.145. The van der Waals surface area contributed by atoms with Gasteiger partial charge in [-0.2, -0.15) is 0 Å². The van der Waals surface area contributed by atoms with Gasteiger partial charge in [0.2, 0.25) is 10.0 Å². The number of guanidine groups is 1. The minimum atomic E-state index is -3.57. The quantitative estimate of drug-likeness (QED) is 0.196. The summed E-state index contributed by atoms with van der Waals surface area (Å²) < 4.78 is 32.0. The maximum atomic E-state index is 12.1. The molecule has 0 saturated carbocycles. The molecule has 25 heavy (non-hydrogen) atoms. The predicted molar refractivity (Wildman–Crippen MR) is 113 cm³/mol. The van der Waals surface area contributed by atoms with E-state index < -0.39 is 10.0 Å². The molecule has 1 aromatic rings. The van der Waals surface area contributed by atoms with Crippen LogP contribution in [0, 0.1) is 0 Å². The summed E-state index contributed by atoms with van der Waals surface area (Å²) in [5.41, 5.74) is 0. The van der Waals surface area contributed by atoms with Gasteiger partial charge in [0.25, 0.3) is 0 Å². The van der Waals surface area contributed by atoms with Gasteiger partial charge in [0.1, 0.15) is 0 Å². The van der Waals surface area contributed by atoms with Gasteiger partial charge in [-0.15, -0.1) is 24.0 Å². The number of halogens is 2. The number of hydrogen-bond acceptors (Lipinski definition) is 4. The maximum Gasteiger partial charge on any atom is 0.240 e. The molecule has 7 nitrogen and oxygen atoms in total. The first-order valence-corrected chi connectivity index (χ1v) is 9.63. The van der Waals surface area contributed by atoms with Gasteiger partial charge in [-0.3, -0.25) is 4.99 Å². The van der Waals surface area contributed by atoms with Gasteiger partial charge in [-0.25, -0.2) is 13.1 Å². The van der Waals surface area contributed by atoms with Gasteiger partial charge in [-0.1, -0.05) is 17.7 Å². The van der Waals surface area contributed by atoms with Crippen LogP contribution in [0.15, 0.2) is 34.2 Å². The molecule has 0 atom stereocenters. The largest absolute Gasteiger partial charge is 0.382 e. The van der Waals surface area contributed by atoms with E-state index in [1.807, 2.05) is 6.92 Å². The van der Waals surface area contributed by atoms with E-state index in [0.29, 0.717) is 30.7 Å². The minimum absolute atomic E-state index is 0. The molecule has 3 N–H and O–H groups in total. The van der Waals surface area contributed by atoms with Crippen molar-refractivity contribution in [1.82, 2.24) is 15.4 Å². The lowest BCUT2D eigenvalue weighted by Crippen LogP contribution is -2.41. The molecule has 0 aliphatic heterocycles. The number of aliphatic imine (C=N–C) groups is 1. The van der Waals surface area contributed by atoms with Crippen LogP contribution in [0.5, 0.6) is 0 Å². The van der Waals surface area contributed by atoms with Crippen molar-refractivity contribution in [2.75, 3.05) is 39.9 Å². The number of sulfonamides is 1. The molecule has 0 aliphatic rings. The third kappa shape index (κ3) is 10.2. The lowest BCUT2D eigenvalue weighted by atomic mass is 10.4. The molecule has 0 bridgehead atoms. The predicted octanol–water partition coefficient (Wildman–Crippen LogP) is 1.83. The van der Waals surface area contributed by atoms with E-state index in [4.69, 9.17) is 16.3 Å². The molecule has 0 unspecified atom stereocenters. The van der Waals surface area contributed by atoms with Crippen molar-refractivity contribution in [2.45, 2.75) is 18.2 Å². The van der Waals surface area contributed by atoms with Crippen molar-refractivity contribution < 1.29 is 13.2 Å². The fraction of sp³-hybridized carbons (Fsp3) is 0.533. The summed E-state index contributed by atoms with van der Waals surface area (Å²) in [7, 11) is -1.91. The molecule has 10 heteroatoms. The Balaban J connectivity index is 0.00000576. The summed E-state index contributed by atoms with van der Waals surface area (Å²) >= 11 is 5.82. The SMILES string of the molecule is CCOCCCNC(=NC)NCCNS(=O)(=O)c1cccc(Cl)c1.I. The van der Waals surface area contributed by atoms with Crippen molar-refractivity contribution in [1.29, 1.82) is 0 Å². The average Bonchev–Trinajstić information content (AvgIpc) is 2.56. The Morgan fingerprint density at radius 2 is 1.96 bits per heavy atom. The molecule has 0 amide bonds. The summed E-state index contributed by atoms with van der Waals surface area (Å²) in [6, 6.07) is 6.14. The Kier molecular flexibility index (Phi) is 13.2. The number of rotatable bonds is 10. The van der Waals surface area contributed by atoms with E-state index in [1.54, 1.807) is 19.2 Å². The molecule has 0 aliphatic carbocycles. The van der Waals surface area contributed by atoms with Crippen LogP contribution in [0.2, 0.25) is 5.02 Å². The molecule has 0 aromatic heterocycles. The molecule has 144 valence electrons. The zero-order valence-electron chi connectivity index (χ0n) is 14.4. The molecular weight excluding hydrogens is 479 g/mol. The zero-order chi connectivity index (χ0) is 17.8. The molecule has 0 radical (unpaired) electrons. The Bertz CT molecular complexity index is 629. The van der Waals surface area contributed by atoms with Gasteiger partial charge in [0, 0.05) is 44.9 Å². The van der Waals surface area contributed by atoms with Gasteiger partial charge in [0.15, 0.2) is 5.96 Å². The van der Waals surface area contributed by atoms with E-state index in [9.17, 15) is 8.42 Å². The smallest absolute Gasteiger partial charge is 0.240 e. The number of hydrogen-bond donors (Lipinski definition) is 3. The van der Waals surface area contributed by atoms with Crippen molar-refractivity contribution in [2.24, 2.45) is 4.99 Å². The van der Waals surface area contributed by atoms with Crippen molar-refractivity contribution in [3.63, 3.8) is 0 Å². The fourth-order valence-corrected chi connectivity index (χ4v) is 3.16. The normalized spacial score (nSPS) is 11.7. The molecule has 0 fully saturated rings. The number of benzene rings is 1. The fourth-order valence-electron chi connectivity index (χ4n) is 1.83. The molecule has 0 saturated heterocycles.